The van der Waals surface area contributed by atoms with E-state index in [1.165, 1.54) is 24.3 Å². The topological polar surface area (TPSA) is 97.7 Å². The average Bonchev–Trinajstić information content (AvgIpc) is 3.44. The summed E-state index contributed by atoms with van der Waals surface area (Å²) in [5.41, 5.74) is 11.8. The van der Waals surface area contributed by atoms with Crippen LogP contribution in [0.2, 0.25) is 0 Å². The number of aromatic amines is 2. The van der Waals surface area contributed by atoms with Crippen molar-refractivity contribution in [2.45, 2.75) is 6.42 Å². The molecule has 1 aliphatic rings. The van der Waals surface area contributed by atoms with Crippen molar-refractivity contribution in [2.75, 3.05) is 20.2 Å². The van der Waals surface area contributed by atoms with Crippen molar-refractivity contribution >= 4 is 49.6 Å². The number of hydrogen-bond acceptors (Lipinski definition) is 6. The molecule has 3 aromatic carbocycles. The molecular formula is C23H21F2N7O. The summed E-state index contributed by atoms with van der Waals surface area (Å²) >= 11 is 0. The van der Waals surface area contributed by atoms with Crippen LogP contribution < -0.4 is 16.0 Å². The fraction of sp³-hybridized carbons (Fsp3) is 0.174. The molecule has 168 valence electrons. The summed E-state index contributed by atoms with van der Waals surface area (Å²) in [4.78, 5) is 6.73. The van der Waals surface area contributed by atoms with E-state index in [-0.39, 0.29) is 11.6 Å². The average molecular weight is 449 g/mol. The molecule has 0 unspecified atom stereocenters. The molecule has 0 aliphatic carbocycles. The lowest BCUT2D eigenvalue weighted by Crippen LogP contribution is -2.46. The van der Waals surface area contributed by atoms with Gasteiger partial charge in [0.2, 0.25) is 5.96 Å². The summed E-state index contributed by atoms with van der Waals surface area (Å²) in [7, 11) is 1.82. The summed E-state index contributed by atoms with van der Waals surface area (Å²) < 4.78 is 34.3. The van der Waals surface area contributed by atoms with Crippen LogP contribution in [0.25, 0.3) is 43.6 Å². The minimum Gasteiger partial charge on any atom is -0.489 e. The van der Waals surface area contributed by atoms with Crippen LogP contribution >= 0.6 is 0 Å². The lowest BCUT2D eigenvalue weighted by Gasteiger charge is -2.24. The molecule has 3 heterocycles. The monoisotopic (exact) mass is 449 g/mol. The quantitative estimate of drug-likeness (QED) is 0.305. The number of nitrogens with zero attached hydrogens (tertiary/aromatic N) is 3. The number of nitrogens with two attached hydrogens (primary N) is 1. The van der Waals surface area contributed by atoms with Gasteiger partial charge in [0.05, 0.1) is 17.6 Å². The second-order valence-electron chi connectivity index (χ2n) is 8.10. The van der Waals surface area contributed by atoms with Gasteiger partial charge < -0.3 is 20.4 Å². The molecule has 2 aromatic heterocycles. The Bertz CT molecular complexity index is 1480. The molecule has 0 amide bonds. The zero-order valence-corrected chi connectivity index (χ0v) is 17.7. The van der Waals surface area contributed by atoms with Crippen molar-refractivity contribution in [3.8, 4) is 5.75 Å². The van der Waals surface area contributed by atoms with Gasteiger partial charge in [0.15, 0.2) is 5.75 Å². The van der Waals surface area contributed by atoms with E-state index in [1.807, 2.05) is 13.1 Å². The molecule has 0 spiro atoms. The number of nitrogens with one attached hydrogen (secondary N) is 3. The molecule has 10 heteroatoms. The van der Waals surface area contributed by atoms with E-state index < -0.39 is 0 Å². The highest BCUT2D eigenvalue weighted by Crippen LogP contribution is 2.41. The van der Waals surface area contributed by atoms with E-state index in [0.29, 0.717) is 31.3 Å². The van der Waals surface area contributed by atoms with Crippen LogP contribution in [0.4, 0.5) is 8.78 Å². The predicted octanol–water partition coefficient (Wildman–Crippen LogP) is 3.90. The minimum absolute atomic E-state index is 0.321. The Morgan fingerprint density at radius 2 is 1.52 bits per heavy atom. The largest absolute Gasteiger partial charge is 0.489 e. The fourth-order valence-electron chi connectivity index (χ4n) is 4.48. The third kappa shape index (κ3) is 3.10. The molecule has 0 saturated heterocycles. The van der Waals surface area contributed by atoms with E-state index in [9.17, 15) is 8.78 Å². The summed E-state index contributed by atoms with van der Waals surface area (Å²) in [5, 5.41) is 10.6. The maximum Gasteiger partial charge on any atom is 0.231 e. The van der Waals surface area contributed by atoms with Gasteiger partial charge in [-0.25, -0.2) is 14.3 Å². The molecule has 0 fully saturated rings. The van der Waals surface area contributed by atoms with Gasteiger partial charge in [0, 0.05) is 52.6 Å². The number of benzene rings is 3. The first-order chi connectivity index (χ1) is 16.0. The van der Waals surface area contributed by atoms with Crippen LogP contribution in [0.5, 0.6) is 5.75 Å². The first-order valence-electron chi connectivity index (χ1n) is 10.6. The number of aromatic nitrogens is 2. The Kier molecular flexibility index (Phi) is 4.31. The fourth-order valence-corrected chi connectivity index (χ4v) is 4.48. The zero-order chi connectivity index (χ0) is 22.7. The highest BCUT2D eigenvalue weighted by molar-refractivity contribution is 6.20. The molecule has 0 saturated carbocycles. The van der Waals surface area contributed by atoms with Crippen LogP contribution in [0.1, 0.15) is 6.42 Å². The van der Waals surface area contributed by atoms with Crippen molar-refractivity contribution in [1.29, 1.82) is 0 Å². The SMILES string of the molecule is CN1NN=C(N)N1CCCOc1c2[nH]c3ccc(F)cc3c2cc2c1[nH]c1ccc(F)cc12. The maximum atomic E-state index is 14.0. The molecule has 33 heavy (non-hydrogen) atoms. The smallest absolute Gasteiger partial charge is 0.231 e. The van der Waals surface area contributed by atoms with Crippen molar-refractivity contribution in [3.63, 3.8) is 0 Å². The first kappa shape index (κ1) is 19.6. The predicted molar refractivity (Wildman–Crippen MR) is 124 cm³/mol. The summed E-state index contributed by atoms with van der Waals surface area (Å²) in [6.45, 7) is 1.01. The van der Waals surface area contributed by atoms with Crippen molar-refractivity contribution in [3.05, 3.63) is 54.1 Å². The molecule has 8 nitrogen and oxygen atoms in total. The number of guanidine groups is 1. The summed E-state index contributed by atoms with van der Waals surface area (Å²) in [6.07, 6.45) is 0.670. The minimum atomic E-state index is -0.321. The molecule has 0 bridgehead atoms. The summed E-state index contributed by atoms with van der Waals surface area (Å²) in [6, 6.07) is 11.2. The van der Waals surface area contributed by atoms with Gasteiger partial charge in [-0.15, -0.1) is 10.2 Å². The first-order valence-corrected chi connectivity index (χ1v) is 10.6. The molecular weight excluding hydrogens is 428 g/mol. The molecule has 0 radical (unpaired) electrons. The summed E-state index contributed by atoms with van der Waals surface area (Å²) in [5.74, 6) is 0.361. The molecule has 0 atom stereocenters. The second-order valence-corrected chi connectivity index (χ2v) is 8.10. The maximum absolute atomic E-state index is 14.0. The number of hydrogen-bond donors (Lipinski definition) is 4. The van der Waals surface area contributed by atoms with E-state index in [1.54, 1.807) is 22.3 Å². The Morgan fingerprint density at radius 3 is 2.06 bits per heavy atom. The van der Waals surface area contributed by atoms with Crippen LogP contribution in [-0.2, 0) is 0 Å². The Labute approximate surface area is 186 Å². The van der Waals surface area contributed by atoms with Crippen molar-refractivity contribution in [2.24, 2.45) is 10.8 Å². The lowest BCUT2D eigenvalue weighted by atomic mass is 10.1. The number of halogens is 2. The zero-order valence-electron chi connectivity index (χ0n) is 17.7. The van der Waals surface area contributed by atoms with E-state index in [4.69, 9.17) is 10.5 Å². The number of hydrazone groups is 1. The second kappa shape index (κ2) is 7.24. The number of hydrazine groups is 2. The third-order valence-electron chi connectivity index (χ3n) is 6.04. The van der Waals surface area contributed by atoms with Gasteiger partial charge in [-0.1, -0.05) is 0 Å². The highest BCUT2D eigenvalue weighted by atomic mass is 19.1. The van der Waals surface area contributed by atoms with Crippen LogP contribution in [0, 0.1) is 11.6 Å². The van der Waals surface area contributed by atoms with E-state index >= 15 is 0 Å². The Hall–Kier alpha value is -4.05. The van der Waals surface area contributed by atoms with Crippen molar-refractivity contribution in [1.82, 2.24) is 25.6 Å². The van der Waals surface area contributed by atoms with Crippen LogP contribution in [0.15, 0.2) is 47.6 Å². The van der Waals surface area contributed by atoms with Gasteiger partial charge in [-0.3, -0.25) is 5.01 Å². The normalized spacial score (nSPS) is 14.6. The molecule has 1 aliphatic heterocycles. The molecule has 6 rings (SSSR count). The standard InChI is InChI=1S/C23H21F2N7O/c1-31-30-29-23(26)32(31)7-2-8-33-22-20-16(14-9-12(24)3-5-18(14)27-20)11-17-15-10-13(25)4-6-19(15)28-21(17)22/h3-6,9-11,27-28,30H,2,7-8H2,1H3,(H2,26,29). The van der Waals surface area contributed by atoms with Crippen LogP contribution in [0.3, 0.4) is 0 Å². The number of rotatable bonds is 5. The Balaban J connectivity index is 1.45. The van der Waals surface area contributed by atoms with Gasteiger partial charge >= 0.3 is 0 Å². The van der Waals surface area contributed by atoms with Gasteiger partial charge in [-0.2, -0.15) is 0 Å². The number of fused-ring (bicyclic) bond motifs is 6. The number of ether oxygens (including phenoxy) is 1. The molecule has 5 aromatic rings. The van der Waals surface area contributed by atoms with E-state index in [0.717, 1.165) is 43.6 Å². The van der Waals surface area contributed by atoms with Gasteiger partial charge in [0.1, 0.15) is 11.6 Å². The van der Waals surface area contributed by atoms with Crippen molar-refractivity contribution < 1.29 is 13.5 Å². The van der Waals surface area contributed by atoms with Gasteiger partial charge in [0.25, 0.3) is 0 Å². The highest BCUT2D eigenvalue weighted by Gasteiger charge is 2.20. The van der Waals surface area contributed by atoms with E-state index in [2.05, 4.69) is 20.6 Å². The third-order valence-corrected chi connectivity index (χ3v) is 6.04. The lowest BCUT2D eigenvalue weighted by molar-refractivity contribution is 0.0428. The molecule has 5 N–H and O–H groups in total. The van der Waals surface area contributed by atoms with Crippen LogP contribution in [-0.4, -0.2) is 46.3 Å². The van der Waals surface area contributed by atoms with Gasteiger partial charge in [-0.05, 0) is 42.5 Å². The Morgan fingerprint density at radius 1 is 0.909 bits per heavy atom. The number of H-pyrrole nitrogens is 2.